The fourth-order valence-corrected chi connectivity index (χ4v) is 3.90. The molecule has 0 unspecified atom stereocenters. The van der Waals surface area contributed by atoms with Crippen LogP contribution in [0.1, 0.15) is 17.3 Å². The number of ether oxygens (including phenoxy) is 1. The Morgan fingerprint density at radius 3 is 2.81 bits per heavy atom. The molecule has 5 aromatic rings. The van der Waals surface area contributed by atoms with E-state index >= 15 is 0 Å². The van der Waals surface area contributed by atoms with Gasteiger partial charge in [0.05, 0.1) is 22.7 Å². The molecule has 0 fully saturated rings. The van der Waals surface area contributed by atoms with Gasteiger partial charge in [-0.05, 0) is 25.1 Å². The van der Waals surface area contributed by atoms with Gasteiger partial charge in [-0.1, -0.05) is 41.9 Å². The number of hydrogen-bond donors (Lipinski definition) is 1. The number of imidazole rings is 1. The molecule has 2 aromatic carbocycles. The second-order valence-electron chi connectivity index (χ2n) is 6.06. The minimum atomic E-state index is -0.468. The van der Waals surface area contributed by atoms with E-state index in [1.165, 1.54) is 0 Å². The lowest BCUT2D eigenvalue weighted by atomic mass is 10.1. The molecule has 0 saturated carbocycles. The van der Waals surface area contributed by atoms with Gasteiger partial charge in [0.15, 0.2) is 5.65 Å². The van der Waals surface area contributed by atoms with Crippen molar-refractivity contribution in [2.75, 3.05) is 6.61 Å². The zero-order valence-corrected chi connectivity index (χ0v) is 14.7. The average molecular weight is 364 g/mol. The van der Waals surface area contributed by atoms with Crippen LogP contribution < -0.4 is 0 Å². The molecule has 0 saturated heterocycles. The summed E-state index contributed by atoms with van der Waals surface area (Å²) in [4.78, 5) is 20.8. The van der Waals surface area contributed by atoms with Gasteiger partial charge < -0.3 is 9.72 Å². The van der Waals surface area contributed by atoms with E-state index in [2.05, 4.69) is 9.97 Å². The number of para-hydroxylation sites is 3. The van der Waals surface area contributed by atoms with Crippen molar-refractivity contribution in [2.24, 2.45) is 0 Å². The number of carbonyl (C=O) groups is 1. The van der Waals surface area contributed by atoms with E-state index in [1.807, 2.05) is 52.9 Å². The Bertz CT molecular complexity index is 1330. The summed E-state index contributed by atoms with van der Waals surface area (Å²) in [7, 11) is 0. The van der Waals surface area contributed by atoms with Crippen molar-refractivity contribution in [2.45, 2.75) is 6.92 Å². The maximum Gasteiger partial charge on any atom is 0.343 e. The molecule has 5 nitrogen and oxygen atoms in total. The molecule has 3 heterocycles. The third-order valence-electron chi connectivity index (χ3n) is 4.61. The molecule has 0 radical (unpaired) electrons. The topological polar surface area (TPSA) is 59.4 Å². The van der Waals surface area contributed by atoms with Crippen molar-refractivity contribution < 1.29 is 9.53 Å². The van der Waals surface area contributed by atoms with E-state index in [0.29, 0.717) is 16.2 Å². The summed E-state index contributed by atoms with van der Waals surface area (Å²) < 4.78 is 7.21. The number of rotatable bonds is 2. The van der Waals surface area contributed by atoms with Crippen LogP contribution in [0.2, 0.25) is 5.02 Å². The molecule has 0 aliphatic heterocycles. The SMILES string of the molecule is CCOC(=O)c1c(Cl)c2c3ccccc3[nH]c2n2c1nc1ccccc12. The molecule has 0 spiro atoms. The van der Waals surface area contributed by atoms with Crippen molar-refractivity contribution >= 4 is 56.2 Å². The lowest BCUT2D eigenvalue weighted by Crippen LogP contribution is -2.08. The van der Waals surface area contributed by atoms with Crippen LogP contribution in [-0.2, 0) is 4.74 Å². The monoisotopic (exact) mass is 363 g/mol. The average Bonchev–Trinajstić information content (AvgIpc) is 3.20. The zero-order valence-electron chi connectivity index (χ0n) is 13.9. The maximum atomic E-state index is 12.7. The first kappa shape index (κ1) is 15.2. The summed E-state index contributed by atoms with van der Waals surface area (Å²) in [5.41, 5.74) is 4.25. The summed E-state index contributed by atoms with van der Waals surface area (Å²) in [6.45, 7) is 2.04. The summed E-state index contributed by atoms with van der Waals surface area (Å²) in [6.07, 6.45) is 0. The van der Waals surface area contributed by atoms with Crippen LogP contribution in [0, 0.1) is 0 Å². The van der Waals surface area contributed by atoms with E-state index in [1.54, 1.807) is 6.92 Å². The van der Waals surface area contributed by atoms with Crippen LogP contribution >= 0.6 is 11.6 Å². The van der Waals surface area contributed by atoms with E-state index in [0.717, 1.165) is 33.0 Å². The number of halogens is 1. The number of esters is 1. The first-order valence-corrected chi connectivity index (χ1v) is 8.74. The van der Waals surface area contributed by atoms with Gasteiger partial charge in [-0.25, -0.2) is 9.78 Å². The number of aromatic nitrogens is 3. The standard InChI is InChI=1S/C20H14ClN3O2/c1-2-26-20(25)16-17(21)15-11-7-3-4-8-12(11)22-18(15)24-14-10-6-5-9-13(14)23-19(16)24/h3-10,22H,2H2,1H3. The van der Waals surface area contributed by atoms with Crippen LogP contribution in [0.4, 0.5) is 0 Å². The van der Waals surface area contributed by atoms with Gasteiger partial charge in [-0.15, -0.1) is 0 Å². The highest BCUT2D eigenvalue weighted by Crippen LogP contribution is 2.37. The Balaban J connectivity index is 2.09. The number of hydrogen-bond acceptors (Lipinski definition) is 3. The quantitative estimate of drug-likeness (QED) is 0.451. The Labute approximate surface area is 153 Å². The number of nitrogens with zero attached hydrogens (tertiary/aromatic N) is 2. The number of pyridine rings is 1. The van der Waals surface area contributed by atoms with Gasteiger partial charge >= 0.3 is 5.97 Å². The van der Waals surface area contributed by atoms with E-state index < -0.39 is 5.97 Å². The summed E-state index contributed by atoms with van der Waals surface area (Å²) in [5, 5.41) is 2.11. The predicted molar refractivity (Wildman–Crippen MR) is 103 cm³/mol. The molecule has 5 rings (SSSR count). The Morgan fingerprint density at radius 2 is 1.96 bits per heavy atom. The molecule has 0 amide bonds. The molecule has 0 aliphatic carbocycles. The second-order valence-corrected chi connectivity index (χ2v) is 6.44. The van der Waals surface area contributed by atoms with Crippen LogP contribution in [-0.4, -0.2) is 26.9 Å². The van der Waals surface area contributed by atoms with Gasteiger partial charge in [0.1, 0.15) is 11.2 Å². The lowest BCUT2D eigenvalue weighted by Gasteiger charge is -2.09. The number of carbonyl (C=O) groups excluding carboxylic acids is 1. The molecular formula is C20H14ClN3O2. The summed E-state index contributed by atoms with van der Waals surface area (Å²) in [5.74, 6) is -0.468. The first-order valence-electron chi connectivity index (χ1n) is 8.37. The van der Waals surface area contributed by atoms with Crippen molar-refractivity contribution in [1.29, 1.82) is 0 Å². The van der Waals surface area contributed by atoms with Gasteiger partial charge in [0.2, 0.25) is 0 Å². The van der Waals surface area contributed by atoms with Crippen molar-refractivity contribution in [3.8, 4) is 0 Å². The Hall–Kier alpha value is -3.05. The van der Waals surface area contributed by atoms with E-state index in [4.69, 9.17) is 16.3 Å². The molecule has 6 heteroatoms. The molecule has 0 bridgehead atoms. The first-order chi connectivity index (χ1) is 12.7. The lowest BCUT2D eigenvalue weighted by molar-refractivity contribution is 0.0528. The van der Waals surface area contributed by atoms with Crippen molar-refractivity contribution in [1.82, 2.24) is 14.4 Å². The van der Waals surface area contributed by atoms with Crippen LogP contribution in [0.5, 0.6) is 0 Å². The highest BCUT2D eigenvalue weighted by molar-refractivity contribution is 6.41. The third kappa shape index (κ3) is 1.92. The Kier molecular flexibility index (Phi) is 3.21. The van der Waals surface area contributed by atoms with Crippen LogP contribution in [0.25, 0.3) is 38.6 Å². The smallest absolute Gasteiger partial charge is 0.343 e. The molecule has 0 atom stereocenters. The molecule has 26 heavy (non-hydrogen) atoms. The second kappa shape index (κ2) is 5.47. The number of aromatic amines is 1. The van der Waals surface area contributed by atoms with Crippen molar-refractivity contribution in [3.05, 3.63) is 59.1 Å². The molecule has 0 aliphatic rings. The number of nitrogens with one attached hydrogen (secondary N) is 1. The zero-order chi connectivity index (χ0) is 17.8. The van der Waals surface area contributed by atoms with Gasteiger partial charge in [0, 0.05) is 16.3 Å². The van der Waals surface area contributed by atoms with E-state index in [9.17, 15) is 4.79 Å². The van der Waals surface area contributed by atoms with Crippen molar-refractivity contribution in [3.63, 3.8) is 0 Å². The van der Waals surface area contributed by atoms with E-state index in [-0.39, 0.29) is 6.61 Å². The normalized spacial score (nSPS) is 11.8. The van der Waals surface area contributed by atoms with Gasteiger partial charge in [0.25, 0.3) is 0 Å². The molecular weight excluding hydrogens is 350 g/mol. The molecule has 1 N–H and O–H groups in total. The predicted octanol–water partition coefficient (Wildman–Crippen LogP) is 4.95. The third-order valence-corrected chi connectivity index (χ3v) is 4.99. The molecule has 128 valence electrons. The maximum absolute atomic E-state index is 12.7. The number of fused-ring (bicyclic) bond motifs is 7. The highest BCUT2D eigenvalue weighted by Gasteiger charge is 2.25. The Morgan fingerprint density at radius 1 is 1.19 bits per heavy atom. The van der Waals surface area contributed by atoms with Gasteiger partial charge in [-0.3, -0.25) is 4.40 Å². The fourth-order valence-electron chi connectivity index (χ4n) is 3.54. The summed E-state index contributed by atoms with van der Waals surface area (Å²) >= 11 is 6.72. The largest absolute Gasteiger partial charge is 0.462 e. The van der Waals surface area contributed by atoms with Crippen LogP contribution in [0.3, 0.4) is 0 Å². The number of benzene rings is 2. The highest BCUT2D eigenvalue weighted by atomic mass is 35.5. The summed E-state index contributed by atoms with van der Waals surface area (Å²) in [6, 6.07) is 15.6. The van der Waals surface area contributed by atoms with Gasteiger partial charge in [-0.2, -0.15) is 0 Å². The minimum absolute atomic E-state index is 0.271. The number of H-pyrrole nitrogens is 1. The minimum Gasteiger partial charge on any atom is -0.462 e. The van der Waals surface area contributed by atoms with Crippen LogP contribution in [0.15, 0.2) is 48.5 Å². The molecule has 3 aromatic heterocycles. The fraction of sp³-hybridized carbons (Fsp3) is 0.100.